The molecule has 0 heterocycles. The number of methoxy groups -OCH3 is 1. The SMILES string of the molecule is COc1ccc(SCC(N)C2CC2)cc1. The lowest BCUT2D eigenvalue weighted by molar-refractivity contribution is 0.414. The molecule has 0 amide bonds. The second kappa shape index (κ2) is 4.90. The molecule has 1 fully saturated rings. The van der Waals surface area contributed by atoms with Crippen LogP contribution in [0, 0.1) is 5.92 Å². The van der Waals surface area contributed by atoms with E-state index in [2.05, 4.69) is 12.1 Å². The number of hydrogen-bond acceptors (Lipinski definition) is 3. The zero-order valence-electron chi connectivity index (χ0n) is 8.98. The van der Waals surface area contributed by atoms with E-state index in [9.17, 15) is 0 Å². The Morgan fingerprint density at radius 1 is 1.40 bits per heavy atom. The summed E-state index contributed by atoms with van der Waals surface area (Å²) in [7, 11) is 1.69. The van der Waals surface area contributed by atoms with Gasteiger partial charge in [0.1, 0.15) is 5.75 Å². The second-order valence-corrected chi connectivity index (χ2v) is 5.08. The summed E-state index contributed by atoms with van der Waals surface area (Å²) in [6.07, 6.45) is 2.65. The van der Waals surface area contributed by atoms with Crippen molar-refractivity contribution in [2.24, 2.45) is 11.7 Å². The van der Waals surface area contributed by atoms with Crippen LogP contribution in [-0.4, -0.2) is 18.9 Å². The van der Waals surface area contributed by atoms with E-state index >= 15 is 0 Å². The van der Waals surface area contributed by atoms with Gasteiger partial charge in [0.2, 0.25) is 0 Å². The molecule has 1 aliphatic rings. The van der Waals surface area contributed by atoms with Gasteiger partial charge in [-0.3, -0.25) is 0 Å². The number of benzene rings is 1. The molecule has 1 saturated carbocycles. The van der Waals surface area contributed by atoms with Crippen LogP contribution in [0.3, 0.4) is 0 Å². The molecule has 2 nitrogen and oxygen atoms in total. The Balaban J connectivity index is 1.81. The van der Waals surface area contributed by atoms with Gasteiger partial charge in [0, 0.05) is 16.7 Å². The van der Waals surface area contributed by atoms with Crippen molar-refractivity contribution in [3.63, 3.8) is 0 Å². The van der Waals surface area contributed by atoms with Gasteiger partial charge >= 0.3 is 0 Å². The Kier molecular flexibility index (Phi) is 3.54. The van der Waals surface area contributed by atoms with Crippen molar-refractivity contribution in [1.82, 2.24) is 0 Å². The lowest BCUT2D eigenvalue weighted by atomic mass is 10.2. The predicted molar refractivity (Wildman–Crippen MR) is 64.4 cm³/mol. The summed E-state index contributed by atoms with van der Waals surface area (Å²) in [5, 5.41) is 0. The molecule has 0 spiro atoms. The smallest absolute Gasteiger partial charge is 0.118 e. The molecule has 15 heavy (non-hydrogen) atoms. The Labute approximate surface area is 95.2 Å². The van der Waals surface area contributed by atoms with Gasteiger partial charge in [-0.1, -0.05) is 0 Å². The van der Waals surface area contributed by atoms with Crippen LogP contribution in [0.5, 0.6) is 5.75 Å². The van der Waals surface area contributed by atoms with E-state index in [1.165, 1.54) is 17.7 Å². The van der Waals surface area contributed by atoms with Crippen molar-refractivity contribution in [3.05, 3.63) is 24.3 Å². The molecule has 2 N–H and O–H groups in total. The number of hydrogen-bond donors (Lipinski definition) is 1. The third-order valence-electron chi connectivity index (χ3n) is 2.73. The topological polar surface area (TPSA) is 35.2 Å². The van der Waals surface area contributed by atoms with Crippen LogP contribution in [0.15, 0.2) is 29.2 Å². The first-order valence-corrected chi connectivity index (χ1v) is 6.30. The minimum absolute atomic E-state index is 0.372. The molecule has 0 aromatic heterocycles. The number of rotatable bonds is 5. The summed E-state index contributed by atoms with van der Waals surface area (Å²) in [5.41, 5.74) is 6.04. The standard InChI is InChI=1S/C12H17NOS/c1-14-10-4-6-11(7-5-10)15-8-12(13)9-2-3-9/h4-7,9,12H,2-3,8,13H2,1H3. The van der Waals surface area contributed by atoms with Crippen molar-refractivity contribution in [1.29, 1.82) is 0 Å². The molecule has 3 heteroatoms. The molecule has 0 saturated heterocycles. The second-order valence-electron chi connectivity index (χ2n) is 3.99. The molecule has 1 aromatic carbocycles. The molecule has 82 valence electrons. The van der Waals surface area contributed by atoms with Crippen LogP contribution in [-0.2, 0) is 0 Å². The van der Waals surface area contributed by atoms with E-state index < -0.39 is 0 Å². The van der Waals surface area contributed by atoms with E-state index in [1.54, 1.807) is 7.11 Å². The van der Waals surface area contributed by atoms with Crippen molar-refractivity contribution in [2.75, 3.05) is 12.9 Å². The molecule has 1 aliphatic carbocycles. The molecule has 1 atom stereocenters. The fraction of sp³-hybridized carbons (Fsp3) is 0.500. The minimum atomic E-state index is 0.372. The maximum atomic E-state index is 6.04. The van der Waals surface area contributed by atoms with Gasteiger partial charge in [-0.2, -0.15) is 0 Å². The Morgan fingerprint density at radius 3 is 2.60 bits per heavy atom. The van der Waals surface area contributed by atoms with E-state index in [-0.39, 0.29) is 0 Å². The van der Waals surface area contributed by atoms with Gasteiger partial charge in [0.05, 0.1) is 7.11 Å². The molecule has 1 aromatic rings. The highest BCUT2D eigenvalue weighted by Crippen LogP contribution is 2.34. The van der Waals surface area contributed by atoms with E-state index in [4.69, 9.17) is 10.5 Å². The highest BCUT2D eigenvalue weighted by atomic mass is 32.2. The van der Waals surface area contributed by atoms with E-state index in [0.717, 1.165) is 17.4 Å². The number of nitrogens with two attached hydrogens (primary N) is 1. The summed E-state index contributed by atoms with van der Waals surface area (Å²) in [4.78, 5) is 1.27. The van der Waals surface area contributed by atoms with Crippen LogP contribution in [0.1, 0.15) is 12.8 Å². The average molecular weight is 223 g/mol. The third kappa shape index (κ3) is 3.14. The molecule has 2 rings (SSSR count). The molecular weight excluding hydrogens is 206 g/mol. The van der Waals surface area contributed by atoms with Crippen LogP contribution in [0.25, 0.3) is 0 Å². The molecular formula is C12H17NOS. The first kappa shape index (κ1) is 10.8. The van der Waals surface area contributed by atoms with Crippen molar-refractivity contribution in [2.45, 2.75) is 23.8 Å². The zero-order valence-corrected chi connectivity index (χ0v) is 9.80. The zero-order chi connectivity index (χ0) is 10.7. The van der Waals surface area contributed by atoms with Gasteiger partial charge in [-0.25, -0.2) is 0 Å². The third-order valence-corrected chi connectivity index (χ3v) is 3.89. The quantitative estimate of drug-likeness (QED) is 0.779. The fourth-order valence-corrected chi connectivity index (χ4v) is 2.51. The molecule has 0 bridgehead atoms. The normalized spacial score (nSPS) is 17.5. The first-order valence-electron chi connectivity index (χ1n) is 5.32. The Morgan fingerprint density at radius 2 is 2.07 bits per heavy atom. The van der Waals surface area contributed by atoms with Crippen molar-refractivity contribution in [3.8, 4) is 5.75 Å². The summed E-state index contributed by atoms with van der Waals surface area (Å²) in [6, 6.07) is 8.53. The van der Waals surface area contributed by atoms with E-state index in [0.29, 0.717) is 6.04 Å². The summed E-state index contributed by atoms with van der Waals surface area (Å²) >= 11 is 1.84. The monoisotopic (exact) mass is 223 g/mol. The lowest BCUT2D eigenvalue weighted by Gasteiger charge is -2.09. The maximum absolute atomic E-state index is 6.04. The highest BCUT2D eigenvalue weighted by Gasteiger charge is 2.28. The number of ether oxygens (including phenoxy) is 1. The van der Waals surface area contributed by atoms with Crippen molar-refractivity contribution < 1.29 is 4.74 Å². The van der Waals surface area contributed by atoms with Gasteiger partial charge in [-0.15, -0.1) is 11.8 Å². The molecule has 1 unspecified atom stereocenters. The van der Waals surface area contributed by atoms with Crippen molar-refractivity contribution >= 4 is 11.8 Å². The summed E-state index contributed by atoms with van der Waals surface area (Å²) in [6.45, 7) is 0. The van der Waals surface area contributed by atoms with E-state index in [1.807, 2.05) is 23.9 Å². The maximum Gasteiger partial charge on any atom is 0.118 e. The fourth-order valence-electron chi connectivity index (χ4n) is 1.52. The lowest BCUT2D eigenvalue weighted by Crippen LogP contribution is -2.24. The van der Waals surface area contributed by atoms with Crippen LogP contribution in [0.4, 0.5) is 0 Å². The Bertz CT molecular complexity index is 308. The van der Waals surface area contributed by atoms with Gasteiger partial charge < -0.3 is 10.5 Å². The summed E-state index contributed by atoms with van der Waals surface area (Å²) < 4.78 is 5.11. The summed E-state index contributed by atoms with van der Waals surface area (Å²) in [5.74, 6) is 2.72. The highest BCUT2D eigenvalue weighted by molar-refractivity contribution is 7.99. The largest absolute Gasteiger partial charge is 0.497 e. The van der Waals surface area contributed by atoms with Gasteiger partial charge in [0.15, 0.2) is 0 Å². The van der Waals surface area contributed by atoms with Gasteiger partial charge in [-0.05, 0) is 43.0 Å². The number of thioether (sulfide) groups is 1. The van der Waals surface area contributed by atoms with Crippen LogP contribution < -0.4 is 10.5 Å². The van der Waals surface area contributed by atoms with Crippen LogP contribution >= 0.6 is 11.8 Å². The first-order chi connectivity index (χ1) is 7.29. The predicted octanol–water partition coefficient (Wildman–Crippen LogP) is 2.52. The van der Waals surface area contributed by atoms with Gasteiger partial charge in [0.25, 0.3) is 0 Å². The Hall–Kier alpha value is -0.670. The average Bonchev–Trinajstić information content (AvgIpc) is 3.10. The molecule has 0 aliphatic heterocycles. The molecule has 0 radical (unpaired) electrons. The van der Waals surface area contributed by atoms with Crippen LogP contribution in [0.2, 0.25) is 0 Å². The minimum Gasteiger partial charge on any atom is -0.497 e.